The van der Waals surface area contributed by atoms with Crippen molar-refractivity contribution < 1.29 is 14.7 Å². The molecule has 1 aliphatic rings. The standard InChI is InChI=1S/C14H18N2O3/c1-8(2)16-11-7-9(12(17)18)5-6-10(11)15-13(19)14(16,3)4/h5-8H,1-4H3,(H,15,19)(H,17,18). The van der Waals surface area contributed by atoms with Gasteiger partial charge in [-0.3, -0.25) is 4.79 Å². The average Bonchev–Trinajstić information content (AvgIpc) is 2.28. The molecule has 2 rings (SSSR count). The Hall–Kier alpha value is -2.04. The predicted octanol–water partition coefficient (Wildman–Crippen LogP) is 2.33. The molecular weight excluding hydrogens is 244 g/mol. The summed E-state index contributed by atoms with van der Waals surface area (Å²) in [5.74, 6) is -1.06. The first kappa shape index (κ1) is 13.4. The number of nitrogens with one attached hydrogen (secondary N) is 1. The van der Waals surface area contributed by atoms with Crippen molar-refractivity contribution in [2.24, 2.45) is 0 Å². The number of aromatic carboxylic acids is 1. The molecule has 0 atom stereocenters. The zero-order valence-corrected chi connectivity index (χ0v) is 11.5. The molecule has 0 saturated carbocycles. The third-order valence-corrected chi connectivity index (χ3v) is 3.43. The van der Waals surface area contributed by atoms with Crippen LogP contribution in [-0.4, -0.2) is 28.6 Å². The Bertz CT molecular complexity index is 550. The molecule has 0 aromatic heterocycles. The molecule has 1 aromatic rings. The molecule has 1 heterocycles. The minimum atomic E-state index is -0.971. The van der Waals surface area contributed by atoms with Gasteiger partial charge in [-0.1, -0.05) is 0 Å². The molecule has 1 aromatic carbocycles. The van der Waals surface area contributed by atoms with Crippen molar-refractivity contribution in [3.63, 3.8) is 0 Å². The first-order chi connectivity index (χ1) is 8.75. The second-order valence-corrected chi connectivity index (χ2v) is 5.51. The first-order valence-electron chi connectivity index (χ1n) is 6.23. The van der Waals surface area contributed by atoms with Gasteiger partial charge in [0.05, 0.1) is 16.9 Å². The van der Waals surface area contributed by atoms with Crippen LogP contribution in [0.4, 0.5) is 11.4 Å². The highest BCUT2D eigenvalue weighted by atomic mass is 16.4. The van der Waals surface area contributed by atoms with E-state index in [2.05, 4.69) is 5.32 Å². The predicted molar refractivity (Wildman–Crippen MR) is 73.7 cm³/mol. The van der Waals surface area contributed by atoms with E-state index in [0.29, 0.717) is 5.69 Å². The van der Waals surface area contributed by atoms with Crippen molar-refractivity contribution in [3.8, 4) is 0 Å². The van der Waals surface area contributed by atoms with Crippen LogP contribution in [0.25, 0.3) is 0 Å². The number of anilines is 2. The lowest BCUT2D eigenvalue weighted by molar-refractivity contribution is -0.120. The molecule has 0 aliphatic carbocycles. The van der Waals surface area contributed by atoms with E-state index >= 15 is 0 Å². The molecule has 5 nitrogen and oxygen atoms in total. The van der Waals surface area contributed by atoms with E-state index in [1.165, 1.54) is 6.07 Å². The number of amides is 1. The molecule has 0 spiro atoms. The molecule has 0 unspecified atom stereocenters. The van der Waals surface area contributed by atoms with Crippen LogP contribution in [0.1, 0.15) is 38.1 Å². The number of carboxylic acids is 1. The SMILES string of the molecule is CC(C)N1c2cc(C(=O)O)ccc2NC(=O)C1(C)C. The maximum atomic E-state index is 12.1. The summed E-state index contributed by atoms with van der Waals surface area (Å²) in [4.78, 5) is 25.2. The third-order valence-electron chi connectivity index (χ3n) is 3.43. The number of carbonyl (C=O) groups is 2. The van der Waals surface area contributed by atoms with Gasteiger partial charge in [-0.2, -0.15) is 0 Å². The molecule has 19 heavy (non-hydrogen) atoms. The highest BCUT2D eigenvalue weighted by Gasteiger charge is 2.41. The van der Waals surface area contributed by atoms with E-state index in [4.69, 9.17) is 5.11 Å². The van der Waals surface area contributed by atoms with Crippen LogP contribution >= 0.6 is 0 Å². The second kappa shape index (κ2) is 4.26. The van der Waals surface area contributed by atoms with Crippen molar-refractivity contribution in [1.29, 1.82) is 0 Å². The summed E-state index contributed by atoms with van der Waals surface area (Å²) in [6.45, 7) is 7.63. The largest absolute Gasteiger partial charge is 0.478 e. The topological polar surface area (TPSA) is 69.6 Å². The molecule has 1 amide bonds. The molecule has 0 saturated heterocycles. The third kappa shape index (κ3) is 2.05. The quantitative estimate of drug-likeness (QED) is 0.858. The van der Waals surface area contributed by atoms with Gasteiger partial charge < -0.3 is 15.3 Å². The zero-order chi connectivity index (χ0) is 14.4. The van der Waals surface area contributed by atoms with E-state index < -0.39 is 11.5 Å². The lowest BCUT2D eigenvalue weighted by Crippen LogP contribution is -2.58. The van der Waals surface area contributed by atoms with Gasteiger partial charge in [0.2, 0.25) is 5.91 Å². The zero-order valence-electron chi connectivity index (χ0n) is 11.5. The molecule has 1 aliphatic heterocycles. The van der Waals surface area contributed by atoms with Gasteiger partial charge in [0.15, 0.2) is 0 Å². The Morgan fingerprint density at radius 3 is 2.53 bits per heavy atom. The summed E-state index contributed by atoms with van der Waals surface area (Å²) in [7, 11) is 0. The van der Waals surface area contributed by atoms with Crippen LogP contribution < -0.4 is 10.2 Å². The number of hydrogen-bond donors (Lipinski definition) is 2. The van der Waals surface area contributed by atoms with Gasteiger partial charge in [-0.25, -0.2) is 4.79 Å². The average molecular weight is 262 g/mol. The second-order valence-electron chi connectivity index (χ2n) is 5.51. The Morgan fingerprint density at radius 1 is 1.37 bits per heavy atom. The Kier molecular flexibility index (Phi) is 3.00. The highest BCUT2D eigenvalue weighted by molar-refractivity contribution is 6.07. The van der Waals surface area contributed by atoms with Gasteiger partial charge in [-0.15, -0.1) is 0 Å². The minimum Gasteiger partial charge on any atom is -0.478 e. The fourth-order valence-electron chi connectivity index (χ4n) is 2.58. The van der Waals surface area contributed by atoms with E-state index in [1.807, 2.05) is 32.6 Å². The van der Waals surface area contributed by atoms with Crippen LogP contribution in [0.5, 0.6) is 0 Å². The lowest BCUT2D eigenvalue weighted by atomic mass is 9.94. The van der Waals surface area contributed by atoms with Crippen molar-refractivity contribution in [1.82, 2.24) is 0 Å². The number of carbonyl (C=O) groups excluding carboxylic acids is 1. The molecule has 2 N–H and O–H groups in total. The van der Waals surface area contributed by atoms with Crippen molar-refractivity contribution >= 4 is 23.3 Å². The van der Waals surface area contributed by atoms with Crippen LogP contribution in [-0.2, 0) is 4.79 Å². The van der Waals surface area contributed by atoms with Gasteiger partial charge >= 0.3 is 5.97 Å². The van der Waals surface area contributed by atoms with Crippen LogP contribution in [0, 0.1) is 0 Å². The summed E-state index contributed by atoms with van der Waals surface area (Å²) in [5, 5.41) is 11.9. The number of fused-ring (bicyclic) bond motifs is 1. The van der Waals surface area contributed by atoms with E-state index in [0.717, 1.165) is 5.69 Å². The minimum absolute atomic E-state index is 0.0863. The smallest absolute Gasteiger partial charge is 0.335 e. The maximum absolute atomic E-state index is 12.1. The number of hydrogen-bond acceptors (Lipinski definition) is 3. The van der Waals surface area contributed by atoms with Gasteiger partial charge in [0.25, 0.3) is 0 Å². The monoisotopic (exact) mass is 262 g/mol. The summed E-state index contributed by atoms with van der Waals surface area (Å²) < 4.78 is 0. The number of nitrogens with zero attached hydrogens (tertiary/aromatic N) is 1. The van der Waals surface area contributed by atoms with Gasteiger partial charge in [0, 0.05) is 6.04 Å². The summed E-state index contributed by atoms with van der Waals surface area (Å²) >= 11 is 0. The molecular formula is C14H18N2O3. The van der Waals surface area contributed by atoms with E-state index in [9.17, 15) is 9.59 Å². The van der Waals surface area contributed by atoms with Crippen LogP contribution in [0.2, 0.25) is 0 Å². The summed E-state index contributed by atoms with van der Waals surface area (Å²) in [6, 6.07) is 4.84. The van der Waals surface area contributed by atoms with Gasteiger partial charge in [0.1, 0.15) is 5.54 Å². The first-order valence-corrected chi connectivity index (χ1v) is 6.23. The van der Waals surface area contributed by atoms with Crippen molar-refractivity contribution in [3.05, 3.63) is 23.8 Å². The lowest BCUT2D eigenvalue weighted by Gasteiger charge is -2.46. The normalized spacial score (nSPS) is 17.1. The summed E-state index contributed by atoms with van der Waals surface area (Å²) in [6.07, 6.45) is 0. The molecule has 0 radical (unpaired) electrons. The Morgan fingerprint density at radius 2 is 2.00 bits per heavy atom. The maximum Gasteiger partial charge on any atom is 0.335 e. The highest BCUT2D eigenvalue weighted by Crippen LogP contribution is 2.38. The van der Waals surface area contributed by atoms with Crippen molar-refractivity contribution in [2.75, 3.05) is 10.2 Å². The van der Waals surface area contributed by atoms with Crippen molar-refractivity contribution in [2.45, 2.75) is 39.3 Å². The fourth-order valence-corrected chi connectivity index (χ4v) is 2.58. The molecule has 5 heteroatoms. The summed E-state index contributed by atoms with van der Waals surface area (Å²) in [5.41, 5.74) is 0.914. The fraction of sp³-hybridized carbons (Fsp3) is 0.429. The van der Waals surface area contributed by atoms with Gasteiger partial charge in [-0.05, 0) is 45.9 Å². The van der Waals surface area contributed by atoms with Crippen LogP contribution in [0.15, 0.2) is 18.2 Å². The Balaban J connectivity index is 2.63. The van der Waals surface area contributed by atoms with E-state index in [1.54, 1.807) is 12.1 Å². The number of rotatable bonds is 2. The molecule has 0 bridgehead atoms. The number of benzene rings is 1. The number of carboxylic acid groups (broad SMARTS) is 1. The molecule has 0 fully saturated rings. The Labute approximate surface area is 112 Å². The van der Waals surface area contributed by atoms with Crippen LogP contribution in [0.3, 0.4) is 0 Å². The molecule has 102 valence electrons. The van der Waals surface area contributed by atoms with E-state index in [-0.39, 0.29) is 17.5 Å².